The highest BCUT2D eigenvalue weighted by Gasteiger charge is 2.37. The summed E-state index contributed by atoms with van der Waals surface area (Å²) in [5.74, 6) is -1.97. The lowest BCUT2D eigenvalue weighted by Crippen LogP contribution is -2.33. The Kier molecular flexibility index (Phi) is 8.34. The number of ketones is 1. The third-order valence-corrected chi connectivity index (χ3v) is 6.94. The summed E-state index contributed by atoms with van der Waals surface area (Å²) in [7, 11) is 2.76. The first kappa shape index (κ1) is 30.1. The fourth-order valence-corrected chi connectivity index (χ4v) is 4.84. The standard InChI is InChI=1S/C32H25N3O10/c1-43-25-14-17(6-10-21(25)36)8-12-23(38)28-24(13-9-18-7-11-22(37)26(15-18)44-2)45-31-29(30(39)33-32(40)34-31)27(28)19-4-3-5-20(16-19)35(41)42/h3-16,27,36-37H,1-2H3,(H2,33,34,39,40)/b12-8+,13-9+. The second-order valence-corrected chi connectivity index (χ2v) is 9.71. The molecule has 1 unspecified atom stereocenters. The molecule has 0 fully saturated rings. The molecule has 3 aromatic carbocycles. The van der Waals surface area contributed by atoms with E-state index in [0.717, 1.165) is 0 Å². The van der Waals surface area contributed by atoms with Gasteiger partial charge in [0.05, 0.1) is 36.2 Å². The van der Waals surface area contributed by atoms with E-state index >= 15 is 0 Å². The summed E-state index contributed by atoms with van der Waals surface area (Å²) >= 11 is 0. The summed E-state index contributed by atoms with van der Waals surface area (Å²) in [4.78, 5) is 55.1. The van der Waals surface area contributed by atoms with Gasteiger partial charge in [-0.15, -0.1) is 0 Å². The number of aromatic nitrogens is 2. The normalized spacial score (nSPS) is 14.3. The average Bonchev–Trinajstić information content (AvgIpc) is 3.02. The van der Waals surface area contributed by atoms with Gasteiger partial charge in [0.25, 0.3) is 11.2 Å². The molecule has 0 saturated carbocycles. The van der Waals surface area contributed by atoms with Crippen LogP contribution in [0.4, 0.5) is 5.69 Å². The van der Waals surface area contributed by atoms with Crippen molar-refractivity contribution in [2.45, 2.75) is 5.92 Å². The summed E-state index contributed by atoms with van der Waals surface area (Å²) in [6.45, 7) is 0. The van der Waals surface area contributed by atoms with E-state index in [9.17, 15) is 34.7 Å². The number of nitro groups is 1. The van der Waals surface area contributed by atoms with Crippen molar-refractivity contribution in [1.82, 2.24) is 9.97 Å². The number of carbonyl (C=O) groups excluding carboxylic acids is 1. The molecule has 228 valence electrons. The third kappa shape index (κ3) is 6.22. The Labute approximate surface area is 254 Å². The molecule has 0 amide bonds. The zero-order valence-corrected chi connectivity index (χ0v) is 23.8. The van der Waals surface area contributed by atoms with Crippen molar-refractivity contribution in [2.24, 2.45) is 0 Å². The smallest absolute Gasteiger partial charge is 0.328 e. The predicted molar refractivity (Wildman–Crippen MR) is 163 cm³/mol. The summed E-state index contributed by atoms with van der Waals surface area (Å²) < 4.78 is 16.3. The molecule has 4 aromatic rings. The molecule has 0 aliphatic carbocycles. The van der Waals surface area contributed by atoms with Gasteiger partial charge in [-0.05, 0) is 53.1 Å². The Morgan fingerprint density at radius 3 is 2.18 bits per heavy atom. The first-order valence-corrected chi connectivity index (χ1v) is 13.3. The quantitative estimate of drug-likeness (QED) is 0.121. The van der Waals surface area contributed by atoms with Crippen molar-refractivity contribution in [1.29, 1.82) is 0 Å². The van der Waals surface area contributed by atoms with Crippen LogP contribution in [0.3, 0.4) is 0 Å². The Morgan fingerprint density at radius 1 is 0.911 bits per heavy atom. The molecule has 5 rings (SSSR count). The average molecular weight is 612 g/mol. The lowest BCUT2D eigenvalue weighted by atomic mass is 9.81. The molecule has 0 spiro atoms. The number of carbonyl (C=O) groups is 1. The van der Waals surface area contributed by atoms with Gasteiger partial charge in [0.15, 0.2) is 28.8 Å². The number of H-pyrrole nitrogens is 2. The minimum absolute atomic E-state index is 0.0646. The summed E-state index contributed by atoms with van der Waals surface area (Å²) in [5, 5.41) is 31.6. The van der Waals surface area contributed by atoms with E-state index in [1.54, 1.807) is 18.2 Å². The molecular formula is C32H25N3O10. The summed E-state index contributed by atoms with van der Waals surface area (Å²) in [6, 6.07) is 14.4. The van der Waals surface area contributed by atoms with Crippen molar-refractivity contribution in [3.63, 3.8) is 0 Å². The van der Waals surface area contributed by atoms with Gasteiger partial charge in [-0.2, -0.15) is 0 Å². The number of nitrogens with zero attached hydrogens (tertiary/aromatic N) is 1. The molecule has 1 aliphatic rings. The van der Waals surface area contributed by atoms with E-state index in [0.29, 0.717) is 11.1 Å². The SMILES string of the molecule is COc1cc(/C=C/C(=O)C2=C(/C=C/c3ccc(O)c(OC)c3)Oc3[nH]c(=O)[nH]c(=O)c3C2c2cccc([N+](=O)[O-])c2)ccc1O. The number of phenolic OH excluding ortho intramolecular Hbond substituents is 2. The van der Waals surface area contributed by atoms with Gasteiger partial charge in [-0.1, -0.05) is 36.4 Å². The van der Waals surface area contributed by atoms with Crippen LogP contribution in [0.15, 0.2) is 93.7 Å². The minimum atomic E-state index is -1.21. The van der Waals surface area contributed by atoms with Crippen molar-refractivity contribution < 1.29 is 34.1 Å². The number of phenols is 2. The van der Waals surface area contributed by atoms with Gasteiger partial charge in [-0.3, -0.25) is 29.7 Å². The molecule has 0 saturated heterocycles. The highest BCUT2D eigenvalue weighted by Crippen LogP contribution is 2.42. The number of hydrogen-bond acceptors (Lipinski definition) is 10. The summed E-state index contributed by atoms with van der Waals surface area (Å²) in [6.07, 6.45) is 5.67. The Balaban J connectivity index is 1.73. The van der Waals surface area contributed by atoms with Gasteiger partial charge in [0.2, 0.25) is 5.88 Å². The van der Waals surface area contributed by atoms with Crippen LogP contribution >= 0.6 is 0 Å². The molecule has 13 nitrogen and oxygen atoms in total. The van der Waals surface area contributed by atoms with E-state index in [4.69, 9.17) is 14.2 Å². The number of hydrogen-bond donors (Lipinski definition) is 4. The molecular weight excluding hydrogens is 586 g/mol. The van der Waals surface area contributed by atoms with Crippen LogP contribution in [0.5, 0.6) is 28.9 Å². The van der Waals surface area contributed by atoms with E-state index < -0.39 is 27.9 Å². The maximum absolute atomic E-state index is 14.0. The minimum Gasteiger partial charge on any atom is -0.504 e. The molecule has 1 atom stereocenters. The van der Waals surface area contributed by atoms with Crippen LogP contribution < -0.4 is 25.5 Å². The van der Waals surface area contributed by atoms with E-state index in [1.165, 1.54) is 81.0 Å². The second kappa shape index (κ2) is 12.5. The van der Waals surface area contributed by atoms with Crippen molar-refractivity contribution >= 4 is 23.6 Å². The zero-order chi connectivity index (χ0) is 32.2. The first-order chi connectivity index (χ1) is 21.6. The topological polar surface area (TPSA) is 194 Å². The molecule has 45 heavy (non-hydrogen) atoms. The van der Waals surface area contributed by atoms with E-state index in [2.05, 4.69) is 9.97 Å². The highest BCUT2D eigenvalue weighted by atomic mass is 16.6. The number of benzene rings is 3. The fourth-order valence-electron chi connectivity index (χ4n) is 4.84. The van der Waals surface area contributed by atoms with Gasteiger partial charge < -0.3 is 24.4 Å². The van der Waals surface area contributed by atoms with Crippen LogP contribution in [0, 0.1) is 10.1 Å². The number of methoxy groups -OCH3 is 2. The second-order valence-electron chi connectivity index (χ2n) is 9.71. The zero-order valence-electron chi connectivity index (χ0n) is 23.8. The molecule has 2 heterocycles. The number of fused-ring (bicyclic) bond motifs is 1. The van der Waals surface area contributed by atoms with E-state index in [1.807, 2.05) is 0 Å². The monoisotopic (exact) mass is 611 g/mol. The Bertz CT molecular complexity index is 2040. The number of aromatic amines is 2. The Hall–Kier alpha value is -6.37. The first-order valence-electron chi connectivity index (χ1n) is 13.3. The fraction of sp³-hybridized carbons (Fsp3) is 0.0938. The number of nitro benzene ring substituents is 1. The Morgan fingerprint density at radius 2 is 1.56 bits per heavy atom. The largest absolute Gasteiger partial charge is 0.504 e. The van der Waals surface area contributed by atoms with Crippen LogP contribution in [-0.2, 0) is 4.79 Å². The van der Waals surface area contributed by atoms with Crippen molar-refractivity contribution in [3.05, 3.63) is 137 Å². The number of nitrogens with one attached hydrogen (secondary N) is 2. The van der Waals surface area contributed by atoms with Gasteiger partial charge >= 0.3 is 5.69 Å². The predicted octanol–water partition coefficient (Wildman–Crippen LogP) is 4.17. The van der Waals surface area contributed by atoms with Crippen LogP contribution in [0.2, 0.25) is 0 Å². The highest BCUT2D eigenvalue weighted by molar-refractivity contribution is 6.09. The molecule has 1 aromatic heterocycles. The van der Waals surface area contributed by atoms with Gasteiger partial charge in [0.1, 0.15) is 5.76 Å². The van der Waals surface area contributed by atoms with E-state index in [-0.39, 0.29) is 57.0 Å². The molecule has 4 N–H and O–H groups in total. The van der Waals surface area contributed by atoms with Crippen LogP contribution in [0.1, 0.15) is 28.2 Å². The lowest BCUT2D eigenvalue weighted by molar-refractivity contribution is -0.384. The summed E-state index contributed by atoms with van der Waals surface area (Å²) in [5.41, 5.74) is -0.950. The maximum atomic E-state index is 14.0. The number of allylic oxidation sites excluding steroid dienone is 3. The van der Waals surface area contributed by atoms with Crippen LogP contribution in [0.25, 0.3) is 12.2 Å². The number of ether oxygens (including phenoxy) is 3. The van der Waals surface area contributed by atoms with Gasteiger partial charge in [-0.25, -0.2) is 4.79 Å². The van der Waals surface area contributed by atoms with Crippen molar-refractivity contribution in [3.8, 4) is 28.9 Å². The molecule has 0 radical (unpaired) electrons. The molecule has 1 aliphatic heterocycles. The van der Waals surface area contributed by atoms with Gasteiger partial charge in [0, 0.05) is 12.1 Å². The van der Waals surface area contributed by atoms with Crippen LogP contribution in [-0.4, -0.2) is 45.1 Å². The lowest BCUT2D eigenvalue weighted by Gasteiger charge is -2.27. The number of aromatic hydroxyl groups is 2. The van der Waals surface area contributed by atoms with Crippen molar-refractivity contribution in [2.75, 3.05) is 14.2 Å². The third-order valence-electron chi connectivity index (χ3n) is 6.94. The molecule has 0 bridgehead atoms. The maximum Gasteiger partial charge on any atom is 0.328 e. The number of rotatable bonds is 9. The molecule has 13 heteroatoms. The number of non-ortho nitro benzene ring substituents is 1.